The van der Waals surface area contributed by atoms with Crippen LogP contribution < -0.4 is 5.32 Å². The van der Waals surface area contributed by atoms with Crippen molar-refractivity contribution in [2.75, 3.05) is 0 Å². The Labute approximate surface area is 122 Å². The van der Waals surface area contributed by atoms with Crippen LogP contribution in [0.2, 0.25) is 5.02 Å². The maximum atomic E-state index is 12.0. The van der Waals surface area contributed by atoms with Gasteiger partial charge in [0.2, 0.25) is 5.91 Å². The van der Waals surface area contributed by atoms with Crippen molar-refractivity contribution in [1.29, 1.82) is 0 Å². The fourth-order valence-corrected chi connectivity index (χ4v) is 2.22. The number of amides is 1. The number of halogens is 1. The standard InChI is InChI=1S/C15H16ClNO3/c1-15(2)8-10(15)13(18)17-12(14(19)20)7-9-5-3-4-6-11(9)16/h3-7,10H,8H2,1-2H3,(H,17,18)(H,19,20)/b12-7+. The molecule has 5 heteroatoms. The van der Waals surface area contributed by atoms with Crippen LogP contribution in [0.1, 0.15) is 25.8 Å². The molecule has 1 aliphatic rings. The van der Waals surface area contributed by atoms with E-state index in [0.717, 1.165) is 6.42 Å². The Hall–Kier alpha value is -1.81. The average Bonchev–Trinajstić information content (AvgIpc) is 3.00. The highest BCUT2D eigenvalue weighted by atomic mass is 35.5. The molecule has 0 aliphatic heterocycles. The molecule has 0 spiro atoms. The molecule has 4 nitrogen and oxygen atoms in total. The largest absolute Gasteiger partial charge is 0.477 e. The van der Waals surface area contributed by atoms with E-state index in [0.29, 0.717) is 10.6 Å². The normalized spacial score (nSPS) is 20.4. The number of carboxylic acids is 1. The summed E-state index contributed by atoms with van der Waals surface area (Å²) in [5.74, 6) is -1.57. The SMILES string of the molecule is CC1(C)CC1C(=O)N/C(=C/c1ccccc1Cl)C(=O)O. The van der Waals surface area contributed by atoms with Gasteiger partial charge in [-0.3, -0.25) is 4.79 Å². The van der Waals surface area contributed by atoms with Crippen molar-refractivity contribution >= 4 is 29.6 Å². The Morgan fingerprint density at radius 2 is 2.00 bits per heavy atom. The molecule has 1 unspecified atom stereocenters. The molecule has 1 aliphatic carbocycles. The lowest BCUT2D eigenvalue weighted by molar-refractivity contribution is -0.134. The highest BCUT2D eigenvalue weighted by molar-refractivity contribution is 6.32. The summed E-state index contributed by atoms with van der Waals surface area (Å²) in [6.45, 7) is 3.96. The number of carbonyl (C=O) groups excluding carboxylic acids is 1. The highest BCUT2D eigenvalue weighted by Crippen LogP contribution is 2.51. The fourth-order valence-electron chi connectivity index (χ4n) is 2.03. The molecule has 1 amide bonds. The third kappa shape index (κ3) is 3.20. The molecular weight excluding hydrogens is 278 g/mol. The predicted molar refractivity (Wildman–Crippen MR) is 77.1 cm³/mol. The number of benzene rings is 1. The summed E-state index contributed by atoms with van der Waals surface area (Å²) >= 11 is 5.98. The van der Waals surface area contributed by atoms with Gasteiger partial charge in [0.25, 0.3) is 0 Å². The van der Waals surface area contributed by atoms with Crippen LogP contribution in [0.25, 0.3) is 6.08 Å². The van der Waals surface area contributed by atoms with Crippen LogP contribution in [0.5, 0.6) is 0 Å². The summed E-state index contributed by atoms with van der Waals surface area (Å²) < 4.78 is 0. The van der Waals surface area contributed by atoms with Gasteiger partial charge in [-0.25, -0.2) is 4.79 Å². The fraction of sp³-hybridized carbons (Fsp3) is 0.333. The Morgan fingerprint density at radius 1 is 1.40 bits per heavy atom. The third-order valence-corrected chi connectivity index (χ3v) is 3.87. The predicted octanol–water partition coefficient (Wildman–Crippen LogP) is 2.93. The lowest BCUT2D eigenvalue weighted by Gasteiger charge is -2.08. The Balaban J connectivity index is 2.18. The molecule has 1 aromatic carbocycles. The molecular formula is C15H16ClNO3. The van der Waals surface area contributed by atoms with Crippen molar-refractivity contribution in [3.63, 3.8) is 0 Å². The molecule has 0 aromatic heterocycles. The van der Waals surface area contributed by atoms with Gasteiger partial charge in [-0.05, 0) is 29.5 Å². The second-order valence-corrected chi connectivity index (χ2v) is 6.03. The van der Waals surface area contributed by atoms with Crippen molar-refractivity contribution in [1.82, 2.24) is 5.32 Å². The molecule has 1 fully saturated rings. The van der Waals surface area contributed by atoms with Gasteiger partial charge in [0.05, 0.1) is 0 Å². The zero-order valence-corrected chi connectivity index (χ0v) is 12.1. The molecule has 0 heterocycles. The second-order valence-electron chi connectivity index (χ2n) is 5.62. The molecule has 1 aromatic rings. The van der Waals surface area contributed by atoms with Crippen molar-refractivity contribution in [2.24, 2.45) is 11.3 Å². The maximum absolute atomic E-state index is 12.0. The molecule has 0 radical (unpaired) electrons. The monoisotopic (exact) mass is 293 g/mol. The third-order valence-electron chi connectivity index (χ3n) is 3.52. The first-order valence-corrected chi connectivity index (χ1v) is 6.69. The first kappa shape index (κ1) is 14.6. The van der Waals surface area contributed by atoms with Crippen LogP contribution in [0.15, 0.2) is 30.0 Å². The van der Waals surface area contributed by atoms with Crippen LogP contribution in [0, 0.1) is 11.3 Å². The number of hydrogen-bond donors (Lipinski definition) is 2. The lowest BCUT2D eigenvalue weighted by atomic mass is 10.1. The minimum atomic E-state index is -1.18. The van der Waals surface area contributed by atoms with Crippen LogP contribution in [-0.2, 0) is 9.59 Å². The summed E-state index contributed by atoms with van der Waals surface area (Å²) in [6.07, 6.45) is 2.15. The van der Waals surface area contributed by atoms with E-state index >= 15 is 0 Å². The van der Waals surface area contributed by atoms with Crippen LogP contribution in [0.3, 0.4) is 0 Å². The van der Waals surface area contributed by atoms with E-state index in [9.17, 15) is 14.7 Å². The Morgan fingerprint density at radius 3 is 2.50 bits per heavy atom. The molecule has 2 N–H and O–H groups in total. The average molecular weight is 294 g/mol. The van der Waals surface area contributed by atoms with E-state index in [1.807, 2.05) is 13.8 Å². The molecule has 1 atom stereocenters. The van der Waals surface area contributed by atoms with Gasteiger partial charge in [0.1, 0.15) is 5.70 Å². The van der Waals surface area contributed by atoms with Gasteiger partial charge in [0, 0.05) is 10.9 Å². The minimum Gasteiger partial charge on any atom is -0.477 e. The summed E-state index contributed by atoms with van der Waals surface area (Å²) in [4.78, 5) is 23.2. The van der Waals surface area contributed by atoms with Crippen LogP contribution in [0.4, 0.5) is 0 Å². The Kier molecular flexibility index (Phi) is 3.86. The van der Waals surface area contributed by atoms with E-state index in [-0.39, 0.29) is 22.9 Å². The zero-order valence-electron chi connectivity index (χ0n) is 11.3. The molecule has 1 saturated carbocycles. The van der Waals surface area contributed by atoms with Crippen molar-refractivity contribution in [2.45, 2.75) is 20.3 Å². The summed E-state index contributed by atoms with van der Waals surface area (Å²) in [7, 11) is 0. The number of carboxylic acid groups (broad SMARTS) is 1. The first-order chi connectivity index (χ1) is 9.31. The number of aliphatic carboxylic acids is 1. The Bertz CT molecular complexity index is 593. The van der Waals surface area contributed by atoms with Gasteiger partial charge >= 0.3 is 5.97 Å². The van der Waals surface area contributed by atoms with Gasteiger partial charge < -0.3 is 10.4 Å². The van der Waals surface area contributed by atoms with E-state index in [4.69, 9.17) is 11.6 Å². The van der Waals surface area contributed by atoms with Crippen molar-refractivity contribution < 1.29 is 14.7 Å². The number of nitrogens with one attached hydrogen (secondary N) is 1. The van der Waals surface area contributed by atoms with Gasteiger partial charge in [-0.1, -0.05) is 43.6 Å². The van der Waals surface area contributed by atoms with Crippen LogP contribution >= 0.6 is 11.6 Å². The van der Waals surface area contributed by atoms with E-state index in [1.54, 1.807) is 24.3 Å². The van der Waals surface area contributed by atoms with Gasteiger partial charge in [0.15, 0.2) is 0 Å². The lowest BCUT2D eigenvalue weighted by Crippen LogP contribution is -2.29. The van der Waals surface area contributed by atoms with Crippen molar-refractivity contribution in [3.05, 3.63) is 40.5 Å². The van der Waals surface area contributed by atoms with Crippen molar-refractivity contribution in [3.8, 4) is 0 Å². The van der Waals surface area contributed by atoms with E-state index < -0.39 is 5.97 Å². The molecule has 106 valence electrons. The van der Waals surface area contributed by atoms with Gasteiger partial charge in [-0.2, -0.15) is 0 Å². The van der Waals surface area contributed by atoms with E-state index in [1.165, 1.54) is 6.08 Å². The number of hydrogen-bond acceptors (Lipinski definition) is 2. The summed E-state index contributed by atoms with van der Waals surface area (Å²) in [5, 5.41) is 12.1. The molecule has 0 bridgehead atoms. The van der Waals surface area contributed by atoms with E-state index in [2.05, 4.69) is 5.32 Å². The highest BCUT2D eigenvalue weighted by Gasteiger charge is 2.50. The number of rotatable bonds is 4. The topological polar surface area (TPSA) is 66.4 Å². The molecule has 20 heavy (non-hydrogen) atoms. The smallest absolute Gasteiger partial charge is 0.352 e. The summed E-state index contributed by atoms with van der Waals surface area (Å²) in [5.41, 5.74) is 0.352. The first-order valence-electron chi connectivity index (χ1n) is 6.31. The summed E-state index contributed by atoms with van der Waals surface area (Å²) in [6, 6.07) is 6.87. The zero-order chi connectivity index (χ0) is 14.9. The van der Waals surface area contributed by atoms with Crippen LogP contribution in [-0.4, -0.2) is 17.0 Å². The molecule has 2 rings (SSSR count). The van der Waals surface area contributed by atoms with Gasteiger partial charge in [-0.15, -0.1) is 0 Å². The molecule has 0 saturated heterocycles. The second kappa shape index (κ2) is 5.29. The quantitative estimate of drug-likeness (QED) is 0.839. The number of carbonyl (C=O) groups is 2. The maximum Gasteiger partial charge on any atom is 0.352 e. The minimum absolute atomic E-state index is 0.0436.